The van der Waals surface area contributed by atoms with Crippen LogP contribution in [0.15, 0.2) is 85.0 Å². The van der Waals surface area contributed by atoms with Crippen LogP contribution in [0, 0.1) is 46.3 Å². The second-order valence-corrected chi connectivity index (χ2v) is 20.6. The highest BCUT2D eigenvalue weighted by molar-refractivity contribution is 5.87. The predicted octanol–water partition coefficient (Wildman–Crippen LogP) is 15.5. The minimum atomic E-state index is -0.0322. The van der Waals surface area contributed by atoms with Crippen LogP contribution in [0.25, 0.3) is 0 Å². The molecule has 4 heteroatoms. The number of rotatable bonds is 0. The fourth-order valence-electron chi connectivity index (χ4n) is 13.7. The Kier molecular flexibility index (Phi) is 17.8. The third-order valence-electron chi connectivity index (χ3n) is 17.0. The highest BCUT2D eigenvalue weighted by Crippen LogP contribution is 2.63. The Hall–Kier alpha value is -3.66. The smallest absolute Gasteiger partial charge is 0.139 e. The molecule has 8 aliphatic carbocycles. The van der Waals surface area contributed by atoms with Gasteiger partial charge in [0.05, 0.1) is 0 Å². The molecule has 10 atom stereocenters. The van der Waals surface area contributed by atoms with Crippen LogP contribution in [0.4, 0.5) is 0 Å². The Labute approximate surface area is 377 Å². The zero-order chi connectivity index (χ0) is 45.2. The molecule has 0 heterocycles. The molecule has 8 aliphatic rings. The zero-order valence-electron chi connectivity index (χ0n) is 40.2. The minimum absolute atomic E-state index is 0.0322. The van der Waals surface area contributed by atoms with E-state index in [1.165, 1.54) is 74.5 Å². The van der Waals surface area contributed by atoms with E-state index in [1.807, 2.05) is 45.0 Å². The van der Waals surface area contributed by atoms with Crippen molar-refractivity contribution in [1.29, 1.82) is 0 Å². The fourth-order valence-corrected chi connectivity index (χ4v) is 13.7. The highest BCUT2D eigenvalue weighted by atomic mass is 16.3. The van der Waals surface area contributed by atoms with E-state index in [-0.39, 0.29) is 5.41 Å². The van der Waals surface area contributed by atoms with Crippen LogP contribution < -0.4 is 0 Å². The van der Waals surface area contributed by atoms with Crippen LogP contribution >= 0.6 is 0 Å². The molecule has 0 bridgehead atoms. The molecule has 6 unspecified atom stereocenters. The van der Waals surface area contributed by atoms with Crippen molar-refractivity contribution in [3.63, 3.8) is 0 Å². The van der Waals surface area contributed by atoms with E-state index in [4.69, 9.17) is 0 Å². The molecule has 10 rings (SSSR count). The molecule has 0 saturated heterocycles. The summed E-state index contributed by atoms with van der Waals surface area (Å²) in [5, 5.41) is 19.4. The number of phenolic OH excluding ortho intramolecular Hbond substituents is 2. The van der Waals surface area contributed by atoms with Crippen LogP contribution in [-0.4, -0.2) is 21.8 Å². The largest absolute Gasteiger partial charge is 0.508 e. The zero-order valence-corrected chi connectivity index (χ0v) is 40.2. The molecule has 2 aromatic rings. The Morgan fingerprint density at radius 2 is 1.06 bits per heavy atom. The number of phenols is 2. The first kappa shape index (κ1) is 49.4. The third-order valence-corrected chi connectivity index (χ3v) is 17.0. The van der Waals surface area contributed by atoms with E-state index in [2.05, 4.69) is 72.1 Å². The number of aryl methyl sites for hydroxylation is 2. The first-order valence-corrected chi connectivity index (χ1v) is 24.8. The molecule has 0 aromatic heterocycles. The molecular weight excluding hydrogens is 761 g/mol. The summed E-state index contributed by atoms with van der Waals surface area (Å²) < 4.78 is 0. The number of Topliss-reactive ketones (excluding diaryl/α,β-unsaturated/α-hetero) is 2. The lowest BCUT2D eigenvalue weighted by Gasteiger charge is -2.49. The number of allylic oxidation sites excluding steroid dienone is 6. The molecule has 340 valence electrons. The third kappa shape index (κ3) is 10.8. The van der Waals surface area contributed by atoms with Gasteiger partial charge >= 0.3 is 0 Å². The molecule has 0 amide bonds. The van der Waals surface area contributed by atoms with Crippen molar-refractivity contribution in [2.24, 2.45) is 46.3 Å². The monoisotopic (exact) mass is 845 g/mol. The maximum absolute atomic E-state index is 12.3. The lowest BCUT2D eigenvalue weighted by atomic mass is 9.55. The van der Waals surface area contributed by atoms with Crippen LogP contribution in [0.2, 0.25) is 0 Å². The van der Waals surface area contributed by atoms with E-state index in [0.717, 1.165) is 81.5 Å². The molecule has 0 radical (unpaired) electrons. The molecule has 4 nitrogen and oxygen atoms in total. The van der Waals surface area contributed by atoms with Gasteiger partial charge < -0.3 is 10.2 Å². The molecule has 2 aromatic carbocycles. The number of carbonyl (C=O) groups is 2. The SMILES string of the molecule is C/C=C1/CCC2C3CCc4cc(O)ccc4C3CC[C@]12C.C/C=C1/CCC[C@H]1C.C=CC.C=CC.C[C@@H]1CCCC1=O.C[C@]12CCC3c4ccc(O)cc4CCC3C1CCC2=O. The lowest BCUT2D eigenvalue weighted by Crippen LogP contribution is -2.42. The van der Waals surface area contributed by atoms with E-state index in [9.17, 15) is 19.8 Å². The van der Waals surface area contributed by atoms with Gasteiger partial charge in [0.25, 0.3) is 0 Å². The van der Waals surface area contributed by atoms with Gasteiger partial charge in [-0.25, -0.2) is 0 Å². The second-order valence-electron chi connectivity index (χ2n) is 20.6. The van der Waals surface area contributed by atoms with Crippen LogP contribution in [0.1, 0.15) is 192 Å². The van der Waals surface area contributed by atoms with Crippen molar-refractivity contribution in [1.82, 2.24) is 0 Å². The number of ketones is 2. The summed E-state index contributed by atoms with van der Waals surface area (Å²) in [5.41, 5.74) is 9.57. The van der Waals surface area contributed by atoms with Crippen molar-refractivity contribution in [3.8, 4) is 11.5 Å². The van der Waals surface area contributed by atoms with Gasteiger partial charge in [0.1, 0.15) is 23.1 Å². The summed E-state index contributed by atoms with van der Waals surface area (Å²) in [6.45, 7) is 24.0. The first-order valence-electron chi connectivity index (χ1n) is 24.8. The fraction of sp³-hybridized carbons (Fsp3) is 0.621. The second kappa shape index (κ2) is 22.3. The average Bonchev–Trinajstić information content (AvgIpc) is 4.03. The van der Waals surface area contributed by atoms with Crippen molar-refractivity contribution in [2.75, 3.05) is 0 Å². The molecule has 2 N–H and O–H groups in total. The predicted molar refractivity (Wildman–Crippen MR) is 261 cm³/mol. The van der Waals surface area contributed by atoms with Gasteiger partial charge in [0.15, 0.2) is 0 Å². The summed E-state index contributed by atoms with van der Waals surface area (Å²) in [6.07, 6.45) is 29.7. The van der Waals surface area contributed by atoms with Crippen LogP contribution in [0.3, 0.4) is 0 Å². The van der Waals surface area contributed by atoms with Gasteiger partial charge in [-0.1, -0.05) is 75.3 Å². The number of hydrogen-bond acceptors (Lipinski definition) is 4. The summed E-state index contributed by atoms with van der Waals surface area (Å²) in [4.78, 5) is 22.8. The van der Waals surface area contributed by atoms with Gasteiger partial charge in [-0.3, -0.25) is 9.59 Å². The molecule has 0 aliphatic heterocycles. The van der Waals surface area contributed by atoms with Gasteiger partial charge in [-0.15, -0.1) is 13.2 Å². The molecular formula is C58H84O4. The van der Waals surface area contributed by atoms with E-state index < -0.39 is 0 Å². The van der Waals surface area contributed by atoms with Crippen molar-refractivity contribution in [3.05, 3.63) is 107 Å². The average molecular weight is 845 g/mol. The number of carbonyl (C=O) groups excluding carboxylic acids is 2. The van der Waals surface area contributed by atoms with Crippen LogP contribution in [-0.2, 0) is 22.4 Å². The van der Waals surface area contributed by atoms with E-state index in [1.54, 1.807) is 28.9 Å². The maximum atomic E-state index is 12.3. The quantitative estimate of drug-likeness (QED) is 0.259. The molecule has 62 heavy (non-hydrogen) atoms. The Bertz CT molecular complexity index is 1910. The Morgan fingerprint density at radius 1 is 0.581 bits per heavy atom. The Morgan fingerprint density at radius 3 is 1.48 bits per heavy atom. The van der Waals surface area contributed by atoms with Gasteiger partial charge in [-0.05, 0) is 224 Å². The van der Waals surface area contributed by atoms with Crippen molar-refractivity contribution in [2.45, 2.75) is 183 Å². The molecule has 6 saturated carbocycles. The van der Waals surface area contributed by atoms with E-state index in [0.29, 0.717) is 52.2 Å². The standard InChI is InChI=1S/C20H26O.C18H22O2.C8H14.C6H10O.2C3H6/c1-3-14-5-9-19-18-7-4-13-12-15(21)6-8-16(13)17(18)10-11-20(14,19)2;1-18-9-8-14-13-5-3-12(19)10-11(13)2-4-15(14)16(18)6-7-17(18)20;1-3-8-6-4-5-7(8)2;1-5-3-2-4-6(5)7;2*1-3-2/h3,6,8,12,17-19,21H,4-5,7,9-11H2,1-2H3;3,5,10,14-16,19H,2,4,6-9H2,1H3;3,7H,4-6H2,1-2H3;5H,2-4H2,1H3;2*3H,1H2,2H3/b14-3-;;8-3-;;;/t17?,18?,19?,20-;14?,15?,16?,18-;7-;5-;;/m1011../s1. The molecule has 6 fully saturated rings. The highest BCUT2D eigenvalue weighted by Gasteiger charge is 2.55. The minimum Gasteiger partial charge on any atom is -0.508 e. The number of fused-ring (bicyclic) bond motifs is 10. The summed E-state index contributed by atoms with van der Waals surface area (Å²) in [5.74, 6) is 7.42. The van der Waals surface area contributed by atoms with Gasteiger partial charge in [-0.2, -0.15) is 0 Å². The first-order chi connectivity index (χ1) is 29.7. The lowest BCUT2D eigenvalue weighted by molar-refractivity contribution is -0.129. The summed E-state index contributed by atoms with van der Waals surface area (Å²) in [6, 6.07) is 12.0. The summed E-state index contributed by atoms with van der Waals surface area (Å²) in [7, 11) is 0. The number of benzene rings is 2. The van der Waals surface area contributed by atoms with Crippen LogP contribution in [0.5, 0.6) is 11.5 Å². The topological polar surface area (TPSA) is 74.6 Å². The van der Waals surface area contributed by atoms with Crippen molar-refractivity contribution >= 4 is 11.6 Å². The maximum Gasteiger partial charge on any atom is 0.139 e. The van der Waals surface area contributed by atoms with E-state index >= 15 is 0 Å². The van der Waals surface area contributed by atoms with Gasteiger partial charge in [0, 0.05) is 24.2 Å². The number of aromatic hydroxyl groups is 2. The summed E-state index contributed by atoms with van der Waals surface area (Å²) >= 11 is 0. The van der Waals surface area contributed by atoms with Gasteiger partial charge in [0.2, 0.25) is 0 Å². The molecule has 0 spiro atoms. The normalized spacial score (nSPS) is 34.5. The Balaban J connectivity index is 0.000000162. The number of hydrogen-bond donors (Lipinski definition) is 2. The van der Waals surface area contributed by atoms with Crippen molar-refractivity contribution < 1.29 is 19.8 Å².